The minimum atomic E-state index is 0.218. The Kier molecular flexibility index (Phi) is 4.36. The second-order valence-corrected chi connectivity index (χ2v) is 4.31. The van der Waals surface area contributed by atoms with Gasteiger partial charge >= 0.3 is 0 Å². The van der Waals surface area contributed by atoms with Crippen molar-refractivity contribution < 1.29 is 0 Å². The van der Waals surface area contributed by atoms with Gasteiger partial charge in [-0.2, -0.15) is 0 Å². The van der Waals surface area contributed by atoms with Gasteiger partial charge in [0.25, 0.3) is 0 Å². The zero-order valence-corrected chi connectivity index (χ0v) is 10.8. The van der Waals surface area contributed by atoms with Crippen LogP contribution in [0.2, 0.25) is 0 Å². The largest absolute Gasteiger partial charge is 0.308 e. The van der Waals surface area contributed by atoms with Crippen LogP contribution in [-0.2, 0) is 6.42 Å². The molecule has 1 unspecified atom stereocenters. The lowest BCUT2D eigenvalue weighted by Crippen LogP contribution is -2.23. The average Bonchev–Trinajstić information content (AvgIpc) is 2.40. The molecule has 2 aromatic rings. The fourth-order valence-electron chi connectivity index (χ4n) is 1.92. The van der Waals surface area contributed by atoms with Crippen LogP contribution in [0.3, 0.4) is 0 Å². The number of aromatic nitrogens is 3. The van der Waals surface area contributed by atoms with E-state index >= 15 is 0 Å². The van der Waals surface area contributed by atoms with Crippen LogP contribution in [0.15, 0.2) is 36.9 Å². The number of nitrogens with one attached hydrogen (secondary N) is 1. The van der Waals surface area contributed by atoms with E-state index in [1.807, 2.05) is 19.2 Å². The van der Waals surface area contributed by atoms with Gasteiger partial charge in [0.05, 0.1) is 11.4 Å². The van der Waals surface area contributed by atoms with E-state index in [4.69, 9.17) is 0 Å². The Morgan fingerprint density at radius 2 is 2.06 bits per heavy atom. The van der Waals surface area contributed by atoms with Gasteiger partial charge in [-0.25, -0.2) is 0 Å². The van der Waals surface area contributed by atoms with Crippen LogP contribution in [0, 0.1) is 6.92 Å². The van der Waals surface area contributed by atoms with Crippen molar-refractivity contribution in [1.82, 2.24) is 20.3 Å². The Hall–Kier alpha value is -1.81. The van der Waals surface area contributed by atoms with Gasteiger partial charge in [0.15, 0.2) is 0 Å². The Balaban J connectivity index is 1.86. The summed E-state index contributed by atoms with van der Waals surface area (Å²) in [5.74, 6) is 0. The predicted molar refractivity (Wildman–Crippen MR) is 71.1 cm³/mol. The molecule has 0 saturated heterocycles. The van der Waals surface area contributed by atoms with Crippen molar-refractivity contribution in [2.24, 2.45) is 0 Å². The zero-order valence-electron chi connectivity index (χ0n) is 10.8. The second kappa shape index (κ2) is 6.21. The zero-order chi connectivity index (χ0) is 12.8. The fourth-order valence-corrected chi connectivity index (χ4v) is 1.92. The summed E-state index contributed by atoms with van der Waals surface area (Å²) in [6.45, 7) is 5.00. The van der Waals surface area contributed by atoms with Gasteiger partial charge in [0.1, 0.15) is 0 Å². The minimum absolute atomic E-state index is 0.218. The summed E-state index contributed by atoms with van der Waals surface area (Å²) in [6, 6.07) is 4.27. The lowest BCUT2D eigenvalue weighted by molar-refractivity contribution is 0.558. The van der Waals surface area contributed by atoms with Crippen LogP contribution in [0.4, 0.5) is 0 Å². The quantitative estimate of drug-likeness (QED) is 0.872. The first-order chi connectivity index (χ1) is 8.77. The molecule has 4 heteroatoms. The lowest BCUT2D eigenvalue weighted by atomic mass is 10.1. The molecule has 0 amide bonds. The number of hydrogen-bond donors (Lipinski definition) is 1. The molecule has 0 aliphatic rings. The molecule has 0 aliphatic carbocycles. The van der Waals surface area contributed by atoms with Crippen molar-refractivity contribution >= 4 is 0 Å². The maximum Gasteiger partial charge on any atom is 0.0782 e. The molecule has 4 nitrogen and oxygen atoms in total. The summed E-state index contributed by atoms with van der Waals surface area (Å²) in [4.78, 5) is 12.7. The molecule has 0 saturated carbocycles. The molecule has 2 aromatic heterocycles. The van der Waals surface area contributed by atoms with Crippen LogP contribution in [0.5, 0.6) is 0 Å². The van der Waals surface area contributed by atoms with Crippen LogP contribution in [-0.4, -0.2) is 21.5 Å². The molecule has 0 bridgehead atoms. The summed E-state index contributed by atoms with van der Waals surface area (Å²) in [5, 5.41) is 3.46. The predicted octanol–water partition coefficient (Wildman–Crippen LogP) is 2.07. The molecular weight excluding hydrogens is 224 g/mol. The first-order valence-corrected chi connectivity index (χ1v) is 6.17. The summed E-state index contributed by atoms with van der Waals surface area (Å²) in [5.41, 5.74) is 3.25. The molecule has 0 spiro atoms. The van der Waals surface area contributed by atoms with E-state index in [1.54, 1.807) is 18.6 Å². The van der Waals surface area contributed by atoms with Gasteiger partial charge in [-0.05, 0) is 38.4 Å². The van der Waals surface area contributed by atoms with Gasteiger partial charge in [0.2, 0.25) is 0 Å². The highest BCUT2D eigenvalue weighted by atomic mass is 14.9. The number of rotatable bonds is 5. The highest BCUT2D eigenvalue weighted by Gasteiger charge is 2.09. The Labute approximate surface area is 108 Å². The summed E-state index contributed by atoms with van der Waals surface area (Å²) in [6.07, 6.45) is 8.13. The summed E-state index contributed by atoms with van der Waals surface area (Å²) < 4.78 is 0. The van der Waals surface area contributed by atoms with E-state index < -0.39 is 0 Å². The Morgan fingerprint density at radius 1 is 1.22 bits per heavy atom. The number of nitrogens with zero attached hydrogens (tertiary/aromatic N) is 3. The maximum atomic E-state index is 4.37. The summed E-state index contributed by atoms with van der Waals surface area (Å²) >= 11 is 0. The third-order valence-electron chi connectivity index (χ3n) is 2.92. The molecule has 0 fully saturated rings. The Morgan fingerprint density at radius 3 is 2.78 bits per heavy atom. The molecule has 2 heterocycles. The maximum absolute atomic E-state index is 4.37. The lowest BCUT2D eigenvalue weighted by Gasteiger charge is -2.14. The van der Waals surface area contributed by atoms with E-state index in [9.17, 15) is 0 Å². The van der Waals surface area contributed by atoms with Gasteiger partial charge in [-0.3, -0.25) is 15.0 Å². The van der Waals surface area contributed by atoms with Crippen LogP contribution >= 0.6 is 0 Å². The smallest absolute Gasteiger partial charge is 0.0782 e. The summed E-state index contributed by atoms with van der Waals surface area (Å²) in [7, 11) is 0. The molecule has 0 aliphatic heterocycles. The van der Waals surface area contributed by atoms with Gasteiger partial charge in [-0.15, -0.1) is 0 Å². The third-order valence-corrected chi connectivity index (χ3v) is 2.92. The second-order valence-electron chi connectivity index (χ2n) is 4.31. The highest BCUT2D eigenvalue weighted by molar-refractivity contribution is 5.13. The molecule has 0 aromatic carbocycles. The number of pyridine rings is 1. The van der Waals surface area contributed by atoms with E-state index in [2.05, 4.69) is 33.3 Å². The van der Waals surface area contributed by atoms with Gasteiger partial charge in [-0.1, -0.05) is 6.07 Å². The van der Waals surface area contributed by atoms with Crippen LogP contribution in [0.1, 0.15) is 29.9 Å². The standard InChI is InChI=1S/C14H18N4/c1-11(14-12(2)17-8-9-18-14)16-7-5-13-4-3-6-15-10-13/h3-4,6,8-11,16H,5,7H2,1-2H3. The van der Waals surface area contributed by atoms with E-state index in [0.717, 1.165) is 24.4 Å². The topological polar surface area (TPSA) is 50.7 Å². The van der Waals surface area contributed by atoms with E-state index in [0.29, 0.717) is 0 Å². The van der Waals surface area contributed by atoms with Gasteiger partial charge < -0.3 is 5.32 Å². The van der Waals surface area contributed by atoms with Crippen molar-refractivity contribution in [3.63, 3.8) is 0 Å². The molecular formula is C14H18N4. The van der Waals surface area contributed by atoms with Crippen molar-refractivity contribution in [1.29, 1.82) is 0 Å². The SMILES string of the molecule is Cc1nccnc1C(C)NCCc1cccnc1. The van der Waals surface area contributed by atoms with E-state index in [1.165, 1.54) is 5.56 Å². The van der Waals surface area contributed by atoms with Crippen molar-refractivity contribution in [3.8, 4) is 0 Å². The normalized spacial score (nSPS) is 12.3. The third kappa shape index (κ3) is 3.34. The Bertz CT molecular complexity index is 484. The molecule has 18 heavy (non-hydrogen) atoms. The molecule has 2 rings (SSSR count). The molecule has 0 radical (unpaired) electrons. The van der Waals surface area contributed by atoms with Crippen LogP contribution < -0.4 is 5.32 Å². The highest BCUT2D eigenvalue weighted by Crippen LogP contribution is 2.11. The number of hydrogen-bond acceptors (Lipinski definition) is 4. The van der Waals surface area contributed by atoms with Crippen molar-refractivity contribution in [2.75, 3.05) is 6.54 Å². The van der Waals surface area contributed by atoms with E-state index in [-0.39, 0.29) is 6.04 Å². The van der Waals surface area contributed by atoms with Gasteiger partial charge in [0, 0.05) is 30.8 Å². The first kappa shape index (κ1) is 12.6. The fraction of sp³-hybridized carbons (Fsp3) is 0.357. The first-order valence-electron chi connectivity index (χ1n) is 6.17. The molecule has 1 atom stereocenters. The van der Waals surface area contributed by atoms with Crippen LogP contribution in [0.25, 0.3) is 0 Å². The molecule has 1 N–H and O–H groups in total. The molecule has 94 valence electrons. The van der Waals surface area contributed by atoms with Crippen molar-refractivity contribution in [2.45, 2.75) is 26.3 Å². The average molecular weight is 242 g/mol. The minimum Gasteiger partial charge on any atom is -0.308 e. The van der Waals surface area contributed by atoms with Crippen molar-refractivity contribution in [3.05, 3.63) is 53.9 Å². The number of aryl methyl sites for hydroxylation is 1. The monoisotopic (exact) mass is 242 g/mol.